The highest BCUT2D eigenvalue weighted by Gasteiger charge is 2.10. The molecule has 2 rings (SSSR count). The molecule has 2 aromatic rings. The number of hydrogen-bond acceptors (Lipinski definition) is 4. The van der Waals surface area contributed by atoms with E-state index in [9.17, 15) is 9.59 Å². The Bertz CT molecular complexity index is 859. The second kappa shape index (κ2) is 9.84. The Morgan fingerprint density at radius 2 is 2.00 bits per heavy atom. The molecular weight excluding hydrogens is 386 g/mol. The lowest BCUT2D eigenvalue weighted by Crippen LogP contribution is -2.47. The number of amides is 2. The molecule has 4 N–H and O–H groups in total. The summed E-state index contributed by atoms with van der Waals surface area (Å²) in [6.07, 6.45) is 2.27. The Kier molecular flexibility index (Phi) is 7.51. The van der Waals surface area contributed by atoms with Crippen molar-refractivity contribution in [2.24, 2.45) is 0 Å². The Morgan fingerprint density at radius 1 is 1.22 bits per heavy atom. The number of hydrogen-bond donors (Lipinski definition) is 4. The summed E-state index contributed by atoms with van der Waals surface area (Å²) in [7, 11) is 0. The minimum absolute atomic E-state index is 0.132. The van der Waals surface area contributed by atoms with Crippen molar-refractivity contribution in [3.8, 4) is 0 Å². The fourth-order valence-electron chi connectivity index (χ4n) is 2.30. The molecule has 1 aromatic carbocycles. The number of nitrogens with zero attached hydrogens (tertiary/aromatic N) is 1. The number of carbonyl (C=O) groups is 2. The first-order valence-corrected chi connectivity index (χ1v) is 9.03. The normalized spacial score (nSPS) is 10.0. The van der Waals surface area contributed by atoms with Crippen LogP contribution >= 0.6 is 23.8 Å². The molecule has 7 nitrogen and oxygen atoms in total. The number of anilines is 1. The molecule has 0 unspecified atom stereocenters. The number of hydrazine groups is 1. The molecule has 1 aromatic heterocycles. The summed E-state index contributed by atoms with van der Waals surface area (Å²) in [5.41, 5.74) is 8.24. The van der Waals surface area contributed by atoms with Gasteiger partial charge in [-0.1, -0.05) is 36.7 Å². The fraction of sp³-hybridized carbons (Fsp3) is 0.222. The average molecular weight is 406 g/mol. The van der Waals surface area contributed by atoms with Crippen molar-refractivity contribution >= 4 is 46.4 Å². The van der Waals surface area contributed by atoms with E-state index in [0.717, 1.165) is 23.2 Å². The molecule has 0 aliphatic carbocycles. The van der Waals surface area contributed by atoms with E-state index >= 15 is 0 Å². The summed E-state index contributed by atoms with van der Waals surface area (Å²) in [6.45, 7) is 3.78. The van der Waals surface area contributed by atoms with Crippen LogP contribution in [0.3, 0.4) is 0 Å². The highest BCUT2D eigenvalue weighted by Crippen LogP contribution is 2.20. The molecule has 27 heavy (non-hydrogen) atoms. The van der Waals surface area contributed by atoms with Crippen molar-refractivity contribution < 1.29 is 9.59 Å². The first-order chi connectivity index (χ1) is 12.9. The smallest absolute Gasteiger partial charge is 0.270 e. The number of carbonyl (C=O) groups excluding carboxylic acids is 2. The molecular formula is C18H20ClN5O2S. The molecule has 0 aliphatic heterocycles. The summed E-state index contributed by atoms with van der Waals surface area (Å²) >= 11 is 11.0. The van der Waals surface area contributed by atoms with Crippen LogP contribution in [0.4, 0.5) is 5.69 Å². The molecule has 1 heterocycles. The monoisotopic (exact) mass is 405 g/mol. The zero-order chi connectivity index (χ0) is 19.8. The Hall–Kier alpha value is -2.71. The van der Waals surface area contributed by atoms with Gasteiger partial charge in [0.2, 0.25) is 0 Å². The maximum Gasteiger partial charge on any atom is 0.270 e. The Balaban J connectivity index is 1.80. The molecule has 0 bridgehead atoms. The van der Waals surface area contributed by atoms with Gasteiger partial charge in [-0.25, -0.2) is 0 Å². The van der Waals surface area contributed by atoms with Gasteiger partial charge >= 0.3 is 0 Å². The van der Waals surface area contributed by atoms with E-state index in [4.69, 9.17) is 23.8 Å². The number of aryl methyl sites for hydroxylation is 2. The van der Waals surface area contributed by atoms with E-state index in [1.54, 1.807) is 6.07 Å². The second-order valence-corrected chi connectivity index (χ2v) is 6.48. The van der Waals surface area contributed by atoms with Crippen molar-refractivity contribution in [2.45, 2.75) is 20.3 Å². The summed E-state index contributed by atoms with van der Waals surface area (Å²) < 4.78 is 0. The van der Waals surface area contributed by atoms with Gasteiger partial charge in [-0.15, -0.1) is 0 Å². The predicted molar refractivity (Wildman–Crippen MR) is 110 cm³/mol. The predicted octanol–water partition coefficient (Wildman–Crippen LogP) is 2.35. The van der Waals surface area contributed by atoms with Gasteiger partial charge in [0, 0.05) is 16.9 Å². The first-order valence-electron chi connectivity index (χ1n) is 8.24. The van der Waals surface area contributed by atoms with Crippen LogP contribution in [0.5, 0.6) is 0 Å². The number of nitrogens with one attached hydrogen (secondary N) is 4. The maximum absolute atomic E-state index is 11.9. The molecule has 142 valence electrons. The quantitative estimate of drug-likeness (QED) is 0.450. The van der Waals surface area contributed by atoms with Crippen LogP contribution < -0.4 is 21.5 Å². The SMILES string of the molecule is CCc1cccc(C)c1NC(=S)NNC(=O)CNC(=O)c1cc(Cl)ccn1. The van der Waals surface area contributed by atoms with E-state index in [2.05, 4.69) is 33.4 Å². The van der Waals surface area contributed by atoms with Crippen molar-refractivity contribution in [3.05, 3.63) is 58.4 Å². The number of pyridine rings is 1. The highest BCUT2D eigenvalue weighted by molar-refractivity contribution is 7.80. The third-order valence-electron chi connectivity index (χ3n) is 3.66. The van der Waals surface area contributed by atoms with E-state index in [-0.39, 0.29) is 17.4 Å². The van der Waals surface area contributed by atoms with Crippen molar-refractivity contribution in [1.29, 1.82) is 0 Å². The van der Waals surface area contributed by atoms with Gasteiger partial charge in [-0.3, -0.25) is 25.4 Å². The molecule has 0 spiro atoms. The van der Waals surface area contributed by atoms with Crippen LogP contribution in [0, 0.1) is 6.92 Å². The van der Waals surface area contributed by atoms with Gasteiger partial charge in [0.15, 0.2) is 5.11 Å². The largest absolute Gasteiger partial charge is 0.342 e. The number of halogens is 1. The van der Waals surface area contributed by atoms with Crippen LogP contribution in [0.15, 0.2) is 36.5 Å². The van der Waals surface area contributed by atoms with E-state index < -0.39 is 11.8 Å². The summed E-state index contributed by atoms with van der Waals surface area (Å²) in [4.78, 5) is 27.7. The van der Waals surface area contributed by atoms with Gasteiger partial charge in [0.25, 0.3) is 11.8 Å². The zero-order valence-electron chi connectivity index (χ0n) is 14.9. The summed E-state index contributed by atoms with van der Waals surface area (Å²) in [6, 6.07) is 8.94. The van der Waals surface area contributed by atoms with E-state index in [1.807, 2.05) is 25.1 Å². The molecule has 0 aliphatic rings. The van der Waals surface area contributed by atoms with E-state index in [1.165, 1.54) is 12.3 Å². The average Bonchev–Trinajstić information content (AvgIpc) is 2.66. The van der Waals surface area contributed by atoms with Crippen molar-refractivity contribution in [1.82, 2.24) is 21.2 Å². The van der Waals surface area contributed by atoms with Crippen molar-refractivity contribution in [3.63, 3.8) is 0 Å². The fourth-order valence-corrected chi connectivity index (χ4v) is 2.61. The minimum Gasteiger partial charge on any atom is -0.342 e. The number of para-hydroxylation sites is 1. The number of aromatic nitrogens is 1. The minimum atomic E-state index is -0.499. The van der Waals surface area contributed by atoms with Gasteiger partial charge in [0.1, 0.15) is 5.69 Å². The van der Waals surface area contributed by atoms with Gasteiger partial charge < -0.3 is 10.6 Å². The molecule has 2 amide bonds. The van der Waals surface area contributed by atoms with Crippen LogP contribution in [-0.2, 0) is 11.2 Å². The summed E-state index contributed by atoms with van der Waals surface area (Å²) in [5, 5.41) is 6.16. The zero-order valence-corrected chi connectivity index (χ0v) is 16.5. The molecule has 0 saturated heterocycles. The molecule has 0 radical (unpaired) electrons. The van der Waals surface area contributed by atoms with E-state index in [0.29, 0.717) is 5.02 Å². The van der Waals surface area contributed by atoms with Crippen LogP contribution in [0.25, 0.3) is 0 Å². The standard InChI is InChI=1S/C18H20ClN5O2S/c1-3-12-6-4-5-11(2)16(12)22-18(27)24-23-15(25)10-21-17(26)14-9-13(19)7-8-20-14/h4-9H,3,10H2,1-2H3,(H,21,26)(H,23,25)(H2,22,24,27). The summed E-state index contributed by atoms with van der Waals surface area (Å²) in [5.74, 6) is -0.962. The lowest BCUT2D eigenvalue weighted by atomic mass is 10.1. The topological polar surface area (TPSA) is 95.1 Å². The second-order valence-electron chi connectivity index (χ2n) is 5.63. The maximum atomic E-state index is 11.9. The highest BCUT2D eigenvalue weighted by atomic mass is 35.5. The molecule has 0 fully saturated rings. The first kappa shape index (κ1) is 20.6. The number of benzene rings is 1. The van der Waals surface area contributed by atoms with Crippen LogP contribution in [0.2, 0.25) is 5.02 Å². The third kappa shape index (κ3) is 6.19. The molecule has 9 heteroatoms. The Morgan fingerprint density at radius 3 is 2.70 bits per heavy atom. The van der Waals surface area contributed by atoms with Crippen LogP contribution in [-0.4, -0.2) is 28.5 Å². The van der Waals surface area contributed by atoms with Crippen molar-refractivity contribution in [2.75, 3.05) is 11.9 Å². The molecule has 0 saturated carbocycles. The number of thiocarbonyl (C=S) groups is 1. The van der Waals surface area contributed by atoms with Gasteiger partial charge in [0.05, 0.1) is 6.54 Å². The van der Waals surface area contributed by atoms with Gasteiger partial charge in [-0.2, -0.15) is 0 Å². The molecule has 0 atom stereocenters. The Labute approximate surface area is 167 Å². The lowest BCUT2D eigenvalue weighted by molar-refractivity contribution is -0.120. The third-order valence-corrected chi connectivity index (χ3v) is 4.10. The van der Waals surface area contributed by atoms with Crippen LogP contribution in [0.1, 0.15) is 28.5 Å². The van der Waals surface area contributed by atoms with Gasteiger partial charge in [-0.05, 0) is 48.8 Å². The number of rotatable bonds is 5. The lowest BCUT2D eigenvalue weighted by Gasteiger charge is -2.16.